The van der Waals surface area contributed by atoms with E-state index in [-0.39, 0.29) is 0 Å². The normalized spacial score (nSPS) is 17.5. The molecule has 0 bridgehead atoms. The van der Waals surface area contributed by atoms with Crippen molar-refractivity contribution >= 4 is 12.2 Å². The van der Waals surface area contributed by atoms with Crippen LogP contribution in [-0.2, 0) is 13.0 Å². The topological polar surface area (TPSA) is 33.6 Å². The fourth-order valence-electron chi connectivity index (χ4n) is 2.47. The van der Waals surface area contributed by atoms with Crippen molar-refractivity contribution in [3.63, 3.8) is 0 Å². The first kappa shape index (κ1) is 11.6. The molecule has 0 atom stereocenters. The SMILES string of the molecule is C=CCn1c(CC2CCCCC2)n[nH]c1=S. The van der Waals surface area contributed by atoms with Crippen molar-refractivity contribution in [1.29, 1.82) is 0 Å². The summed E-state index contributed by atoms with van der Waals surface area (Å²) in [4.78, 5) is 0. The minimum atomic E-state index is 0.714. The number of H-pyrrole nitrogens is 1. The molecule has 1 aliphatic carbocycles. The van der Waals surface area contributed by atoms with Gasteiger partial charge in [-0.25, -0.2) is 0 Å². The first-order chi connectivity index (χ1) is 7.81. The molecule has 1 aromatic rings. The summed E-state index contributed by atoms with van der Waals surface area (Å²) in [6.45, 7) is 4.52. The van der Waals surface area contributed by atoms with Crippen LogP contribution in [0.15, 0.2) is 12.7 Å². The maximum absolute atomic E-state index is 5.20. The average molecular weight is 237 g/mol. The lowest BCUT2D eigenvalue weighted by atomic mass is 9.87. The predicted octanol–water partition coefficient (Wildman–Crippen LogP) is 3.25. The summed E-state index contributed by atoms with van der Waals surface area (Å²) in [7, 11) is 0. The summed E-state index contributed by atoms with van der Waals surface area (Å²) in [5.41, 5.74) is 0. The summed E-state index contributed by atoms with van der Waals surface area (Å²) in [5.74, 6) is 1.89. The molecule has 1 aliphatic rings. The number of allylic oxidation sites excluding steroid dienone is 1. The molecule has 1 heterocycles. The number of hydrogen-bond donors (Lipinski definition) is 1. The highest BCUT2D eigenvalue weighted by atomic mass is 32.1. The Balaban J connectivity index is 2.07. The number of aromatic nitrogens is 3. The number of hydrogen-bond acceptors (Lipinski definition) is 2. The van der Waals surface area contributed by atoms with Gasteiger partial charge in [0.2, 0.25) is 0 Å². The zero-order chi connectivity index (χ0) is 11.4. The Morgan fingerprint density at radius 1 is 1.44 bits per heavy atom. The van der Waals surface area contributed by atoms with Crippen LogP contribution >= 0.6 is 12.2 Å². The molecule has 0 radical (unpaired) electrons. The van der Waals surface area contributed by atoms with Gasteiger partial charge in [0.05, 0.1) is 0 Å². The Labute approximate surface area is 102 Å². The quantitative estimate of drug-likeness (QED) is 0.644. The van der Waals surface area contributed by atoms with Gasteiger partial charge in [-0.05, 0) is 18.1 Å². The van der Waals surface area contributed by atoms with Crippen molar-refractivity contribution in [2.75, 3.05) is 0 Å². The Hall–Kier alpha value is -0.900. The van der Waals surface area contributed by atoms with Crippen molar-refractivity contribution in [1.82, 2.24) is 14.8 Å². The van der Waals surface area contributed by atoms with E-state index in [0.29, 0.717) is 4.77 Å². The molecule has 16 heavy (non-hydrogen) atoms. The van der Waals surface area contributed by atoms with Gasteiger partial charge in [0, 0.05) is 13.0 Å². The van der Waals surface area contributed by atoms with E-state index in [1.165, 1.54) is 32.1 Å². The lowest BCUT2D eigenvalue weighted by Crippen LogP contribution is -2.13. The molecule has 1 fully saturated rings. The number of nitrogens with zero attached hydrogens (tertiary/aromatic N) is 2. The van der Waals surface area contributed by atoms with Gasteiger partial charge in [-0.2, -0.15) is 5.10 Å². The van der Waals surface area contributed by atoms with Crippen LogP contribution in [0.3, 0.4) is 0 Å². The average Bonchev–Trinajstić information content (AvgIpc) is 2.64. The van der Waals surface area contributed by atoms with Crippen LogP contribution in [0, 0.1) is 10.7 Å². The Morgan fingerprint density at radius 2 is 2.19 bits per heavy atom. The number of aromatic amines is 1. The van der Waals surface area contributed by atoms with Crippen LogP contribution in [-0.4, -0.2) is 14.8 Å². The molecule has 88 valence electrons. The van der Waals surface area contributed by atoms with Crippen molar-refractivity contribution < 1.29 is 0 Å². The minimum Gasteiger partial charge on any atom is -0.300 e. The highest BCUT2D eigenvalue weighted by Crippen LogP contribution is 2.26. The molecule has 2 rings (SSSR count). The summed E-state index contributed by atoms with van der Waals surface area (Å²) in [5, 5.41) is 7.21. The van der Waals surface area contributed by atoms with E-state index in [1.54, 1.807) is 0 Å². The molecule has 3 nitrogen and oxygen atoms in total. The molecular weight excluding hydrogens is 218 g/mol. The van der Waals surface area contributed by atoms with Gasteiger partial charge in [-0.15, -0.1) is 6.58 Å². The lowest BCUT2D eigenvalue weighted by Gasteiger charge is -2.20. The molecule has 1 saturated carbocycles. The van der Waals surface area contributed by atoms with Crippen LogP contribution in [0.5, 0.6) is 0 Å². The van der Waals surface area contributed by atoms with Crippen molar-refractivity contribution in [3.05, 3.63) is 23.3 Å². The molecule has 0 saturated heterocycles. The third-order valence-corrected chi connectivity index (χ3v) is 3.66. The predicted molar refractivity (Wildman–Crippen MR) is 67.9 cm³/mol. The van der Waals surface area contributed by atoms with Crippen LogP contribution in [0.1, 0.15) is 37.9 Å². The van der Waals surface area contributed by atoms with Gasteiger partial charge < -0.3 is 4.57 Å². The standard InChI is InChI=1S/C12H19N3S/c1-2-8-15-11(13-14-12(15)16)9-10-6-4-3-5-7-10/h2,10H,1,3-9H2,(H,14,16). The second-order valence-electron chi connectivity index (χ2n) is 4.55. The van der Waals surface area contributed by atoms with Crippen molar-refractivity contribution in [3.8, 4) is 0 Å². The minimum absolute atomic E-state index is 0.714. The molecule has 0 spiro atoms. The second-order valence-corrected chi connectivity index (χ2v) is 4.94. The monoisotopic (exact) mass is 237 g/mol. The molecule has 0 aliphatic heterocycles. The molecule has 0 amide bonds. The molecule has 0 unspecified atom stereocenters. The van der Waals surface area contributed by atoms with Crippen LogP contribution in [0.4, 0.5) is 0 Å². The van der Waals surface area contributed by atoms with E-state index in [2.05, 4.69) is 21.3 Å². The molecule has 1 N–H and O–H groups in total. The summed E-state index contributed by atoms with van der Waals surface area (Å²) in [6, 6.07) is 0. The molecule has 4 heteroatoms. The maximum Gasteiger partial charge on any atom is 0.195 e. The fraction of sp³-hybridized carbons (Fsp3) is 0.667. The van der Waals surface area contributed by atoms with E-state index in [1.807, 2.05) is 6.08 Å². The smallest absolute Gasteiger partial charge is 0.195 e. The third-order valence-electron chi connectivity index (χ3n) is 3.34. The first-order valence-electron chi connectivity index (χ1n) is 6.06. The van der Waals surface area contributed by atoms with Gasteiger partial charge in [-0.3, -0.25) is 5.10 Å². The number of rotatable bonds is 4. The van der Waals surface area contributed by atoms with Gasteiger partial charge in [0.15, 0.2) is 4.77 Å². The van der Waals surface area contributed by atoms with Gasteiger partial charge in [0.1, 0.15) is 5.82 Å². The third kappa shape index (κ3) is 2.61. The Kier molecular flexibility index (Phi) is 3.93. The van der Waals surface area contributed by atoms with Crippen molar-refractivity contribution in [2.24, 2.45) is 5.92 Å². The van der Waals surface area contributed by atoms with Gasteiger partial charge >= 0.3 is 0 Å². The van der Waals surface area contributed by atoms with Crippen LogP contribution in [0.2, 0.25) is 0 Å². The molecular formula is C12H19N3S. The zero-order valence-electron chi connectivity index (χ0n) is 9.61. The summed E-state index contributed by atoms with van der Waals surface area (Å²) in [6.07, 6.45) is 9.75. The lowest BCUT2D eigenvalue weighted by molar-refractivity contribution is 0.348. The zero-order valence-corrected chi connectivity index (χ0v) is 10.4. The fourth-order valence-corrected chi connectivity index (χ4v) is 2.70. The summed E-state index contributed by atoms with van der Waals surface area (Å²) >= 11 is 5.20. The number of nitrogens with one attached hydrogen (secondary N) is 1. The van der Waals surface area contributed by atoms with Crippen molar-refractivity contribution in [2.45, 2.75) is 45.1 Å². The molecule has 0 aromatic carbocycles. The first-order valence-corrected chi connectivity index (χ1v) is 6.47. The Bertz CT molecular complexity index is 399. The Morgan fingerprint density at radius 3 is 2.88 bits per heavy atom. The largest absolute Gasteiger partial charge is 0.300 e. The van der Waals surface area contributed by atoms with Crippen LogP contribution in [0.25, 0.3) is 0 Å². The van der Waals surface area contributed by atoms with E-state index in [0.717, 1.165) is 24.7 Å². The maximum atomic E-state index is 5.20. The molecule has 1 aromatic heterocycles. The van der Waals surface area contributed by atoms with E-state index in [4.69, 9.17) is 12.2 Å². The van der Waals surface area contributed by atoms with E-state index < -0.39 is 0 Å². The van der Waals surface area contributed by atoms with Crippen LogP contribution < -0.4 is 0 Å². The summed E-state index contributed by atoms with van der Waals surface area (Å²) < 4.78 is 2.77. The second kappa shape index (κ2) is 5.43. The van der Waals surface area contributed by atoms with E-state index >= 15 is 0 Å². The highest BCUT2D eigenvalue weighted by Gasteiger charge is 2.16. The van der Waals surface area contributed by atoms with Gasteiger partial charge in [-0.1, -0.05) is 38.2 Å². The van der Waals surface area contributed by atoms with E-state index in [9.17, 15) is 0 Å². The highest BCUT2D eigenvalue weighted by molar-refractivity contribution is 7.71. The van der Waals surface area contributed by atoms with Gasteiger partial charge in [0.25, 0.3) is 0 Å².